The lowest BCUT2D eigenvalue weighted by atomic mass is 10.3. The van der Waals surface area contributed by atoms with E-state index in [1.54, 1.807) is 6.92 Å². The van der Waals surface area contributed by atoms with Crippen LogP contribution in [-0.4, -0.2) is 61.3 Å². The minimum Gasteiger partial charge on any atom is -0.394 e. The van der Waals surface area contributed by atoms with E-state index in [4.69, 9.17) is 5.11 Å². The van der Waals surface area contributed by atoms with Gasteiger partial charge in [-0.2, -0.15) is 0 Å². The molecular formula is C9H19N3O2. The second-order valence-electron chi connectivity index (χ2n) is 3.68. The van der Waals surface area contributed by atoms with Gasteiger partial charge in [-0.1, -0.05) is 0 Å². The summed E-state index contributed by atoms with van der Waals surface area (Å²) in [6.07, 6.45) is 0. The number of piperazine rings is 1. The maximum Gasteiger partial charge on any atom is 0.234 e. The Bertz CT molecular complexity index is 181. The first-order valence-electron chi connectivity index (χ1n) is 5.05. The van der Waals surface area contributed by atoms with Crippen LogP contribution in [0.4, 0.5) is 0 Å². The predicted octanol–water partition coefficient (Wildman–Crippen LogP) is -1.61. The Balaban J connectivity index is 2.18. The fourth-order valence-corrected chi connectivity index (χ4v) is 1.44. The molecule has 1 amide bonds. The molecule has 1 heterocycles. The third kappa shape index (κ3) is 4.04. The largest absolute Gasteiger partial charge is 0.394 e. The monoisotopic (exact) mass is 201 g/mol. The summed E-state index contributed by atoms with van der Waals surface area (Å²) in [5, 5.41) is 14.7. The van der Waals surface area contributed by atoms with Gasteiger partial charge in [0.25, 0.3) is 0 Å². The smallest absolute Gasteiger partial charge is 0.234 e. The minimum absolute atomic E-state index is 0.00606. The van der Waals surface area contributed by atoms with Crippen molar-refractivity contribution in [2.75, 3.05) is 39.3 Å². The van der Waals surface area contributed by atoms with E-state index in [1.807, 2.05) is 0 Å². The lowest BCUT2D eigenvalue weighted by molar-refractivity contribution is -0.123. The van der Waals surface area contributed by atoms with Gasteiger partial charge in [0.15, 0.2) is 0 Å². The molecule has 0 spiro atoms. The zero-order valence-electron chi connectivity index (χ0n) is 8.62. The van der Waals surface area contributed by atoms with Crippen LogP contribution < -0.4 is 10.6 Å². The minimum atomic E-state index is -0.148. The molecule has 1 saturated heterocycles. The van der Waals surface area contributed by atoms with Gasteiger partial charge >= 0.3 is 0 Å². The highest BCUT2D eigenvalue weighted by Gasteiger charge is 2.14. The molecule has 0 bridgehead atoms. The van der Waals surface area contributed by atoms with E-state index < -0.39 is 0 Å². The highest BCUT2D eigenvalue weighted by molar-refractivity contribution is 5.78. The molecule has 0 saturated carbocycles. The molecule has 0 aliphatic carbocycles. The summed E-state index contributed by atoms with van der Waals surface area (Å²) in [6.45, 7) is 5.95. The molecule has 3 N–H and O–H groups in total. The molecule has 0 aromatic carbocycles. The summed E-state index contributed by atoms with van der Waals surface area (Å²) >= 11 is 0. The average Bonchev–Trinajstić information content (AvgIpc) is 2.19. The summed E-state index contributed by atoms with van der Waals surface area (Å²) < 4.78 is 0. The first kappa shape index (κ1) is 11.4. The van der Waals surface area contributed by atoms with Crippen LogP contribution in [0.5, 0.6) is 0 Å². The second-order valence-corrected chi connectivity index (χ2v) is 3.68. The zero-order valence-corrected chi connectivity index (χ0v) is 8.62. The van der Waals surface area contributed by atoms with Crippen molar-refractivity contribution in [3.8, 4) is 0 Å². The summed E-state index contributed by atoms with van der Waals surface area (Å²) in [5.74, 6) is -0.00606. The van der Waals surface area contributed by atoms with Gasteiger partial charge in [0.1, 0.15) is 0 Å². The fraction of sp³-hybridized carbons (Fsp3) is 0.889. The molecule has 1 aliphatic heterocycles. The predicted molar refractivity (Wildman–Crippen MR) is 54.0 cm³/mol. The van der Waals surface area contributed by atoms with Crippen LogP contribution in [0.2, 0.25) is 0 Å². The molecule has 0 aromatic rings. The number of carbonyl (C=O) groups excluding carboxylic acids is 1. The van der Waals surface area contributed by atoms with Crippen molar-refractivity contribution < 1.29 is 9.90 Å². The van der Waals surface area contributed by atoms with Gasteiger partial charge in [0.2, 0.25) is 5.91 Å². The molecule has 82 valence electrons. The van der Waals surface area contributed by atoms with Crippen molar-refractivity contribution in [1.29, 1.82) is 0 Å². The van der Waals surface area contributed by atoms with Crippen molar-refractivity contribution in [3.63, 3.8) is 0 Å². The van der Waals surface area contributed by atoms with Crippen LogP contribution in [-0.2, 0) is 4.79 Å². The van der Waals surface area contributed by atoms with Crippen molar-refractivity contribution in [2.45, 2.75) is 13.0 Å². The van der Waals surface area contributed by atoms with Crippen molar-refractivity contribution in [3.05, 3.63) is 0 Å². The van der Waals surface area contributed by atoms with Gasteiger partial charge in [-0.3, -0.25) is 9.69 Å². The third-order valence-electron chi connectivity index (χ3n) is 2.26. The summed E-state index contributed by atoms with van der Waals surface area (Å²) in [4.78, 5) is 13.5. The lowest BCUT2D eigenvalue weighted by Gasteiger charge is -2.26. The second kappa shape index (κ2) is 5.95. The van der Waals surface area contributed by atoms with Crippen molar-refractivity contribution in [1.82, 2.24) is 15.5 Å². The topological polar surface area (TPSA) is 64.6 Å². The van der Waals surface area contributed by atoms with E-state index in [9.17, 15) is 4.79 Å². The molecule has 1 fully saturated rings. The van der Waals surface area contributed by atoms with E-state index in [-0.39, 0.29) is 18.6 Å². The zero-order chi connectivity index (χ0) is 10.4. The molecule has 1 atom stereocenters. The van der Waals surface area contributed by atoms with Crippen LogP contribution in [0.25, 0.3) is 0 Å². The van der Waals surface area contributed by atoms with Crippen LogP contribution in [0.15, 0.2) is 0 Å². The highest BCUT2D eigenvalue weighted by atomic mass is 16.3. The van der Waals surface area contributed by atoms with Gasteiger partial charge in [-0.25, -0.2) is 0 Å². The Labute approximate surface area is 84.5 Å². The number of hydrogen-bond donors (Lipinski definition) is 3. The van der Waals surface area contributed by atoms with Gasteiger partial charge in [0.05, 0.1) is 13.2 Å². The number of hydrogen-bond acceptors (Lipinski definition) is 4. The summed E-state index contributed by atoms with van der Waals surface area (Å²) in [7, 11) is 0. The van der Waals surface area contributed by atoms with Crippen molar-refractivity contribution in [2.24, 2.45) is 0 Å². The maximum atomic E-state index is 11.4. The summed E-state index contributed by atoms with van der Waals surface area (Å²) in [5.41, 5.74) is 0. The van der Waals surface area contributed by atoms with E-state index in [2.05, 4.69) is 15.5 Å². The molecule has 0 unspecified atom stereocenters. The molecule has 0 aromatic heterocycles. The average molecular weight is 201 g/mol. The van der Waals surface area contributed by atoms with Gasteiger partial charge in [-0.15, -0.1) is 0 Å². The normalized spacial score (nSPS) is 20.4. The number of rotatable bonds is 4. The Morgan fingerprint density at radius 3 is 2.79 bits per heavy atom. The number of carbonyl (C=O) groups is 1. The number of amides is 1. The quantitative estimate of drug-likeness (QED) is 0.512. The first-order valence-corrected chi connectivity index (χ1v) is 5.05. The van der Waals surface area contributed by atoms with Crippen molar-refractivity contribution >= 4 is 5.91 Å². The molecular weight excluding hydrogens is 182 g/mol. The Hall–Kier alpha value is -0.650. The molecule has 14 heavy (non-hydrogen) atoms. The fourth-order valence-electron chi connectivity index (χ4n) is 1.44. The lowest BCUT2D eigenvalue weighted by Crippen LogP contribution is -2.49. The molecule has 5 nitrogen and oxygen atoms in total. The Kier molecular flexibility index (Phi) is 4.86. The van der Waals surface area contributed by atoms with Crippen LogP contribution >= 0.6 is 0 Å². The number of aliphatic hydroxyl groups excluding tert-OH is 1. The van der Waals surface area contributed by atoms with Gasteiger partial charge in [0, 0.05) is 32.2 Å². The van der Waals surface area contributed by atoms with Crippen LogP contribution in [0.1, 0.15) is 6.92 Å². The van der Waals surface area contributed by atoms with E-state index >= 15 is 0 Å². The maximum absolute atomic E-state index is 11.4. The molecule has 1 rings (SSSR count). The van der Waals surface area contributed by atoms with Gasteiger partial charge in [-0.05, 0) is 6.92 Å². The van der Waals surface area contributed by atoms with Crippen LogP contribution in [0, 0.1) is 0 Å². The highest BCUT2D eigenvalue weighted by Crippen LogP contribution is 1.91. The number of nitrogens with zero attached hydrogens (tertiary/aromatic N) is 1. The molecule has 1 aliphatic rings. The van der Waals surface area contributed by atoms with E-state index in [0.717, 1.165) is 26.2 Å². The molecule has 5 heteroatoms. The SMILES string of the molecule is C[C@H](CO)NC(=O)CN1CCNCC1. The molecule has 0 radical (unpaired) electrons. The Morgan fingerprint density at radius 1 is 1.57 bits per heavy atom. The van der Waals surface area contributed by atoms with E-state index in [1.165, 1.54) is 0 Å². The standard InChI is InChI=1S/C9H19N3O2/c1-8(7-13)11-9(14)6-12-4-2-10-3-5-12/h8,10,13H,2-7H2,1H3,(H,11,14)/t8-/m1/s1. The number of nitrogens with one attached hydrogen (secondary N) is 2. The number of aliphatic hydroxyl groups is 1. The third-order valence-corrected chi connectivity index (χ3v) is 2.26. The Morgan fingerprint density at radius 2 is 2.21 bits per heavy atom. The van der Waals surface area contributed by atoms with Crippen LogP contribution in [0.3, 0.4) is 0 Å². The van der Waals surface area contributed by atoms with E-state index in [0.29, 0.717) is 6.54 Å². The van der Waals surface area contributed by atoms with Gasteiger partial charge < -0.3 is 15.7 Å². The summed E-state index contributed by atoms with van der Waals surface area (Å²) in [6, 6.07) is -0.148. The first-order chi connectivity index (χ1) is 6.72.